The average Bonchev–Trinajstić information content (AvgIpc) is 2.56. The molecule has 4 nitrogen and oxygen atoms in total. The molecule has 1 saturated heterocycles. The molecule has 1 aromatic heterocycles. The molecule has 5 heteroatoms. The number of halogens is 1. The number of aryl methyl sites for hydroxylation is 1. The van der Waals surface area contributed by atoms with Crippen molar-refractivity contribution in [3.8, 4) is 0 Å². The van der Waals surface area contributed by atoms with E-state index in [2.05, 4.69) is 15.2 Å². The Hall–Kier alpha value is -0.610. The van der Waals surface area contributed by atoms with Crippen LogP contribution in [0.5, 0.6) is 0 Å². The van der Waals surface area contributed by atoms with E-state index in [0.717, 1.165) is 24.7 Å². The molecule has 0 aliphatic carbocycles. The lowest BCUT2D eigenvalue weighted by atomic mass is 10.1. The van der Waals surface area contributed by atoms with E-state index in [1.165, 1.54) is 25.7 Å². The fourth-order valence-corrected chi connectivity index (χ4v) is 2.64. The van der Waals surface area contributed by atoms with Gasteiger partial charge in [0.2, 0.25) is 0 Å². The molecule has 2 rings (SSSR count). The van der Waals surface area contributed by atoms with Crippen molar-refractivity contribution < 1.29 is 0 Å². The Kier molecular flexibility index (Phi) is 4.18. The largest absolute Gasteiger partial charge is 0.293 e. The van der Waals surface area contributed by atoms with Gasteiger partial charge in [-0.1, -0.05) is 18.1 Å². The molecule has 1 fully saturated rings. The summed E-state index contributed by atoms with van der Waals surface area (Å²) in [5.74, 6) is 0.722. The molecule has 0 bridgehead atoms. The lowest BCUT2D eigenvalue weighted by Crippen LogP contribution is -2.35. The van der Waals surface area contributed by atoms with Crippen molar-refractivity contribution in [2.45, 2.75) is 38.3 Å². The molecule has 90 valence electrons. The quantitative estimate of drug-likeness (QED) is 0.758. The summed E-state index contributed by atoms with van der Waals surface area (Å²) >= 11 is 6.04. The Bertz CT molecular complexity index is 326. The number of alkyl halides is 1. The maximum Gasteiger partial charge on any atom is 0.0967 e. The lowest BCUT2D eigenvalue weighted by molar-refractivity contribution is 0.205. The van der Waals surface area contributed by atoms with E-state index in [1.54, 1.807) is 4.68 Å². The molecule has 1 unspecified atom stereocenters. The summed E-state index contributed by atoms with van der Waals surface area (Å²) < 4.78 is 1.75. The molecule has 2 heterocycles. The SMILES string of the molecule is Cn1cc(CN2CCCCCC2CCl)nn1. The molecule has 1 atom stereocenters. The van der Waals surface area contributed by atoms with Gasteiger partial charge in [0.15, 0.2) is 0 Å². The lowest BCUT2D eigenvalue weighted by Gasteiger charge is -2.27. The van der Waals surface area contributed by atoms with Gasteiger partial charge in [-0.25, -0.2) is 0 Å². The third kappa shape index (κ3) is 2.95. The molecule has 1 aliphatic heterocycles. The highest BCUT2D eigenvalue weighted by Crippen LogP contribution is 2.19. The molecular formula is C11H19ClN4. The van der Waals surface area contributed by atoms with Gasteiger partial charge in [-0.05, 0) is 19.4 Å². The fraction of sp³-hybridized carbons (Fsp3) is 0.818. The number of aromatic nitrogens is 3. The number of rotatable bonds is 3. The van der Waals surface area contributed by atoms with Crippen molar-refractivity contribution in [1.82, 2.24) is 19.9 Å². The first kappa shape index (κ1) is 11.9. The Morgan fingerprint density at radius 2 is 2.31 bits per heavy atom. The monoisotopic (exact) mass is 242 g/mol. The smallest absolute Gasteiger partial charge is 0.0967 e. The number of hydrogen-bond acceptors (Lipinski definition) is 3. The van der Waals surface area contributed by atoms with Gasteiger partial charge in [-0.15, -0.1) is 16.7 Å². The highest BCUT2D eigenvalue weighted by atomic mass is 35.5. The number of nitrogens with zero attached hydrogens (tertiary/aromatic N) is 4. The Labute approximate surface area is 102 Å². The Morgan fingerprint density at radius 1 is 1.44 bits per heavy atom. The first-order chi connectivity index (χ1) is 7.79. The van der Waals surface area contributed by atoms with Gasteiger partial charge in [-0.2, -0.15) is 0 Å². The fourth-order valence-electron chi connectivity index (χ4n) is 2.30. The van der Waals surface area contributed by atoms with Gasteiger partial charge in [0, 0.05) is 31.7 Å². The van der Waals surface area contributed by atoms with Crippen molar-refractivity contribution in [3.63, 3.8) is 0 Å². The van der Waals surface area contributed by atoms with E-state index in [-0.39, 0.29) is 0 Å². The summed E-state index contributed by atoms with van der Waals surface area (Å²) in [6.07, 6.45) is 7.09. The maximum atomic E-state index is 6.04. The number of likely N-dealkylation sites (tertiary alicyclic amines) is 1. The number of hydrogen-bond donors (Lipinski definition) is 0. The van der Waals surface area contributed by atoms with Crippen molar-refractivity contribution in [2.75, 3.05) is 12.4 Å². The second-order valence-electron chi connectivity index (χ2n) is 4.51. The van der Waals surface area contributed by atoms with Crippen LogP contribution in [0.1, 0.15) is 31.4 Å². The van der Waals surface area contributed by atoms with Gasteiger partial charge in [-0.3, -0.25) is 9.58 Å². The van der Waals surface area contributed by atoms with Crippen LogP contribution < -0.4 is 0 Å². The molecule has 0 N–H and O–H groups in total. The first-order valence-corrected chi connectivity index (χ1v) is 6.48. The minimum atomic E-state index is 0.506. The molecule has 0 radical (unpaired) electrons. The van der Waals surface area contributed by atoms with Crippen LogP contribution in [0.25, 0.3) is 0 Å². The van der Waals surface area contributed by atoms with Gasteiger partial charge in [0.05, 0.1) is 5.69 Å². The van der Waals surface area contributed by atoms with Gasteiger partial charge in [0.25, 0.3) is 0 Å². The summed E-state index contributed by atoms with van der Waals surface area (Å²) in [6, 6.07) is 0.506. The van der Waals surface area contributed by atoms with E-state index in [0.29, 0.717) is 6.04 Å². The second kappa shape index (κ2) is 5.64. The highest BCUT2D eigenvalue weighted by molar-refractivity contribution is 6.18. The summed E-state index contributed by atoms with van der Waals surface area (Å²) in [5, 5.41) is 8.10. The normalized spacial score (nSPS) is 23.2. The Morgan fingerprint density at radius 3 is 3.00 bits per heavy atom. The van der Waals surface area contributed by atoms with Crippen molar-refractivity contribution in [1.29, 1.82) is 0 Å². The zero-order valence-corrected chi connectivity index (χ0v) is 10.5. The van der Waals surface area contributed by atoms with Crippen molar-refractivity contribution in [2.24, 2.45) is 7.05 Å². The van der Waals surface area contributed by atoms with Crippen molar-refractivity contribution in [3.05, 3.63) is 11.9 Å². The van der Waals surface area contributed by atoms with Gasteiger partial charge in [0.1, 0.15) is 0 Å². The van der Waals surface area contributed by atoms with E-state index in [9.17, 15) is 0 Å². The average molecular weight is 243 g/mol. The molecule has 0 amide bonds. The van der Waals surface area contributed by atoms with Crippen LogP contribution in [0.15, 0.2) is 6.20 Å². The Balaban J connectivity index is 1.99. The second-order valence-corrected chi connectivity index (χ2v) is 4.82. The molecule has 0 aromatic carbocycles. The molecular weight excluding hydrogens is 224 g/mol. The minimum Gasteiger partial charge on any atom is -0.293 e. The zero-order chi connectivity index (χ0) is 11.4. The van der Waals surface area contributed by atoms with Gasteiger partial charge >= 0.3 is 0 Å². The van der Waals surface area contributed by atoms with E-state index in [4.69, 9.17) is 11.6 Å². The molecule has 1 aliphatic rings. The van der Waals surface area contributed by atoms with E-state index < -0.39 is 0 Å². The van der Waals surface area contributed by atoms with Crippen LogP contribution in [0.4, 0.5) is 0 Å². The van der Waals surface area contributed by atoms with Crippen LogP contribution in [0.2, 0.25) is 0 Å². The van der Waals surface area contributed by atoms with Crippen LogP contribution in [0.3, 0.4) is 0 Å². The van der Waals surface area contributed by atoms with E-state index >= 15 is 0 Å². The molecule has 1 aromatic rings. The van der Waals surface area contributed by atoms with Crippen LogP contribution in [0, 0.1) is 0 Å². The van der Waals surface area contributed by atoms with E-state index in [1.807, 2.05) is 13.2 Å². The topological polar surface area (TPSA) is 34.0 Å². The van der Waals surface area contributed by atoms with Crippen molar-refractivity contribution >= 4 is 11.6 Å². The van der Waals surface area contributed by atoms with Gasteiger partial charge < -0.3 is 0 Å². The minimum absolute atomic E-state index is 0.506. The van der Waals surface area contributed by atoms with Crippen LogP contribution in [-0.2, 0) is 13.6 Å². The standard InChI is InChI=1S/C11H19ClN4/c1-15-8-10(13-14-15)9-16-6-4-2-3-5-11(16)7-12/h8,11H,2-7,9H2,1H3. The van der Waals surface area contributed by atoms with Crippen LogP contribution in [-0.4, -0.2) is 38.4 Å². The predicted octanol–water partition coefficient (Wildman–Crippen LogP) is 1.80. The third-order valence-corrected chi connectivity index (χ3v) is 3.55. The summed E-state index contributed by atoms with van der Waals surface area (Å²) in [4.78, 5) is 2.45. The third-order valence-electron chi connectivity index (χ3n) is 3.19. The summed E-state index contributed by atoms with van der Waals surface area (Å²) in [6.45, 7) is 2.01. The highest BCUT2D eigenvalue weighted by Gasteiger charge is 2.20. The van der Waals surface area contributed by atoms with Crippen LogP contribution >= 0.6 is 11.6 Å². The predicted molar refractivity (Wildman–Crippen MR) is 64.4 cm³/mol. The zero-order valence-electron chi connectivity index (χ0n) is 9.77. The molecule has 0 spiro atoms. The summed E-state index contributed by atoms with van der Waals surface area (Å²) in [7, 11) is 1.90. The maximum absolute atomic E-state index is 6.04. The summed E-state index contributed by atoms with van der Waals surface area (Å²) in [5.41, 5.74) is 1.04. The molecule has 16 heavy (non-hydrogen) atoms. The first-order valence-electron chi connectivity index (χ1n) is 5.95. The molecule has 0 saturated carbocycles.